The van der Waals surface area contributed by atoms with Crippen LogP contribution in [-0.4, -0.2) is 74.0 Å². The molecule has 1 aliphatic heterocycles. The van der Waals surface area contributed by atoms with Gasteiger partial charge in [0.25, 0.3) is 5.91 Å². The molecule has 2 aromatic rings. The molecule has 0 aromatic heterocycles. The van der Waals surface area contributed by atoms with Crippen molar-refractivity contribution in [2.45, 2.75) is 6.04 Å². The Hall–Kier alpha value is -3.01. The van der Waals surface area contributed by atoms with E-state index in [1.165, 1.54) is 25.3 Å². The molecule has 1 saturated heterocycles. The van der Waals surface area contributed by atoms with Crippen LogP contribution in [-0.2, 0) is 14.3 Å². The van der Waals surface area contributed by atoms with Gasteiger partial charge in [0.1, 0.15) is 11.9 Å². The lowest BCUT2D eigenvalue weighted by molar-refractivity contribution is -0.135. The smallest absolute Gasteiger partial charge is 0.256 e. The van der Waals surface area contributed by atoms with Gasteiger partial charge in [-0.05, 0) is 35.9 Å². The van der Waals surface area contributed by atoms with Gasteiger partial charge < -0.3 is 25.6 Å². The van der Waals surface area contributed by atoms with Crippen molar-refractivity contribution in [2.75, 3.05) is 45.2 Å². The number of halogens is 2. The van der Waals surface area contributed by atoms with E-state index in [1.807, 2.05) is 0 Å². The summed E-state index contributed by atoms with van der Waals surface area (Å²) >= 11 is 5.83. The summed E-state index contributed by atoms with van der Waals surface area (Å²) in [4.78, 5) is 39.8. The van der Waals surface area contributed by atoms with E-state index < -0.39 is 11.9 Å². The van der Waals surface area contributed by atoms with Crippen molar-refractivity contribution in [2.24, 2.45) is 5.73 Å². The lowest BCUT2D eigenvalue weighted by Gasteiger charge is -2.36. The maximum Gasteiger partial charge on any atom is 0.256 e. The molecule has 3 amide bonds. The lowest BCUT2D eigenvalue weighted by Crippen LogP contribution is -2.55. The van der Waals surface area contributed by atoms with Gasteiger partial charge in [-0.2, -0.15) is 0 Å². The predicted molar refractivity (Wildman–Crippen MR) is 119 cm³/mol. The molecule has 1 heterocycles. The highest BCUT2D eigenvalue weighted by molar-refractivity contribution is 6.30. The molecule has 10 heteroatoms. The van der Waals surface area contributed by atoms with Crippen LogP contribution in [0.4, 0.5) is 10.1 Å². The highest BCUT2D eigenvalue weighted by Crippen LogP contribution is 2.29. The number of nitrogens with one attached hydrogen (secondary N) is 1. The zero-order valence-electron chi connectivity index (χ0n) is 17.5. The zero-order valence-corrected chi connectivity index (χ0v) is 18.3. The summed E-state index contributed by atoms with van der Waals surface area (Å²) in [5.74, 6) is -1.09. The first-order valence-electron chi connectivity index (χ1n) is 9.98. The van der Waals surface area contributed by atoms with Gasteiger partial charge in [-0.15, -0.1) is 0 Å². The number of methoxy groups -OCH3 is 1. The molecule has 1 unspecified atom stereocenters. The van der Waals surface area contributed by atoms with Gasteiger partial charge in [-0.1, -0.05) is 17.7 Å². The number of amides is 3. The molecule has 8 nitrogen and oxygen atoms in total. The highest BCUT2D eigenvalue weighted by Gasteiger charge is 2.28. The van der Waals surface area contributed by atoms with E-state index in [0.29, 0.717) is 43.8 Å². The molecule has 170 valence electrons. The summed E-state index contributed by atoms with van der Waals surface area (Å²) < 4.78 is 19.3. The first kappa shape index (κ1) is 23.6. The number of nitrogens with two attached hydrogens (primary N) is 1. The molecule has 0 radical (unpaired) electrons. The fourth-order valence-corrected chi connectivity index (χ4v) is 3.75. The van der Waals surface area contributed by atoms with Crippen molar-refractivity contribution >= 4 is 35.5 Å². The van der Waals surface area contributed by atoms with E-state index in [9.17, 15) is 18.8 Å². The molecule has 0 spiro atoms. The van der Waals surface area contributed by atoms with Crippen LogP contribution in [0.3, 0.4) is 0 Å². The second-order valence-electron chi connectivity index (χ2n) is 7.33. The quantitative estimate of drug-likeness (QED) is 0.612. The van der Waals surface area contributed by atoms with Crippen molar-refractivity contribution < 1.29 is 23.5 Å². The average molecular weight is 463 g/mol. The number of anilines is 1. The molecule has 3 N–H and O–H groups in total. The molecule has 0 saturated carbocycles. The lowest BCUT2D eigenvalue weighted by atomic mass is 10.00. The van der Waals surface area contributed by atoms with Gasteiger partial charge in [0.05, 0.1) is 17.9 Å². The molecule has 3 rings (SSSR count). The van der Waals surface area contributed by atoms with Gasteiger partial charge in [-0.25, -0.2) is 4.39 Å². The van der Waals surface area contributed by atoms with Gasteiger partial charge in [0.2, 0.25) is 12.3 Å². The Balaban J connectivity index is 1.81. The van der Waals surface area contributed by atoms with Crippen LogP contribution in [0.15, 0.2) is 36.4 Å². The summed E-state index contributed by atoms with van der Waals surface area (Å²) in [6.45, 7) is 1.36. The first-order chi connectivity index (χ1) is 15.3. The molecule has 1 fully saturated rings. The first-order valence-corrected chi connectivity index (χ1v) is 10.4. The molecular formula is C22H24ClFN4O4. The number of rotatable bonds is 7. The van der Waals surface area contributed by atoms with Crippen molar-refractivity contribution in [3.05, 3.63) is 52.8 Å². The standard InChI is InChI=1S/C22H24ClFN4O4/c1-32-12-19(25)22(31)28-8-6-27(7-9-28)21(30)17-10-14(2-5-20(17)26-13-29)16-4-3-15(23)11-18(16)24/h2-5,10-11,13,19H,6-9,12,25H2,1H3,(H,26,29). The molecule has 1 atom stereocenters. The Morgan fingerprint density at radius 2 is 1.88 bits per heavy atom. The number of benzene rings is 2. The monoisotopic (exact) mass is 462 g/mol. The third-order valence-corrected chi connectivity index (χ3v) is 5.48. The number of hydrogen-bond acceptors (Lipinski definition) is 5. The van der Waals surface area contributed by atoms with Crippen LogP contribution in [0.1, 0.15) is 10.4 Å². The van der Waals surface area contributed by atoms with E-state index in [1.54, 1.807) is 28.0 Å². The van der Waals surface area contributed by atoms with Crippen LogP contribution in [0.5, 0.6) is 0 Å². The van der Waals surface area contributed by atoms with Crippen LogP contribution in [0.25, 0.3) is 11.1 Å². The second-order valence-corrected chi connectivity index (χ2v) is 7.76. The van der Waals surface area contributed by atoms with Crippen molar-refractivity contribution in [1.82, 2.24) is 9.80 Å². The molecule has 0 bridgehead atoms. The molecule has 32 heavy (non-hydrogen) atoms. The molecular weight excluding hydrogens is 439 g/mol. The van der Waals surface area contributed by atoms with Crippen molar-refractivity contribution in [3.8, 4) is 11.1 Å². The third kappa shape index (κ3) is 5.24. The van der Waals surface area contributed by atoms with Crippen LogP contribution < -0.4 is 11.1 Å². The van der Waals surface area contributed by atoms with E-state index in [4.69, 9.17) is 22.1 Å². The minimum absolute atomic E-state index is 0.118. The predicted octanol–water partition coefficient (Wildman–Crippen LogP) is 1.97. The van der Waals surface area contributed by atoms with Gasteiger partial charge >= 0.3 is 0 Å². The number of nitrogens with zero attached hydrogens (tertiary/aromatic N) is 2. The van der Waals surface area contributed by atoms with Crippen LogP contribution >= 0.6 is 11.6 Å². The molecule has 1 aliphatic rings. The largest absolute Gasteiger partial charge is 0.383 e. The maximum absolute atomic E-state index is 14.4. The number of hydrogen-bond donors (Lipinski definition) is 2. The van der Waals surface area contributed by atoms with E-state index >= 15 is 0 Å². The van der Waals surface area contributed by atoms with Gasteiger partial charge in [0.15, 0.2) is 0 Å². The molecule has 0 aliphatic carbocycles. The van der Waals surface area contributed by atoms with Crippen molar-refractivity contribution in [1.29, 1.82) is 0 Å². The Labute approximate surface area is 190 Å². The molecule has 2 aromatic carbocycles. The summed E-state index contributed by atoms with van der Waals surface area (Å²) in [5, 5.41) is 2.78. The van der Waals surface area contributed by atoms with Crippen LogP contribution in [0.2, 0.25) is 5.02 Å². The normalized spacial score (nSPS) is 14.8. The fourth-order valence-electron chi connectivity index (χ4n) is 3.59. The Kier molecular flexibility index (Phi) is 7.79. The Morgan fingerprint density at radius 1 is 1.19 bits per heavy atom. The number of ether oxygens (including phenoxy) is 1. The number of carbonyl (C=O) groups excluding carboxylic acids is 3. The zero-order chi connectivity index (χ0) is 23.3. The minimum atomic E-state index is -0.753. The fraction of sp³-hybridized carbons (Fsp3) is 0.318. The van der Waals surface area contributed by atoms with Gasteiger partial charge in [-0.3, -0.25) is 14.4 Å². The summed E-state index contributed by atoms with van der Waals surface area (Å²) in [6, 6.07) is 8.23. The number of piperazine rings is 1. The maximum atomic E-state index is 14.4. The third-order valence-electron chi connectivity index (χ3n) is 5.25. The summed E-state index contributed by atoms with van der Waals surface area (Å²) in [6.07, 6.45) is 0.475. The van der Waals surface area contributed by atoms with Gasteiger partial charge in [0, 0.05) is 43.9 Å². The van der Waals surface area contributed by atoms with Crippen molar-refractivity contribution in [3.63, 3.8) is 0 Å². The van der Waals surface area contributed by atoms with E-state index in [-0.39, 0.29) is 34.6 Å². The average Bonchev–Trinajstić information content (AvgIpc) is 2.79. The SMILES string of the molecule is COCC(N)C(=O)N1CCN(C(=O)c2cc(-c3ccc(Cl)cc3F)ccc2NC=O)CC1. The summed E-state index contributed by atoms with van der Waals surface area (Å²) in [5.41, 5.74) is 7.10. The van der Waals surface area contributed by atoms with E-state index in [0.717, 1.165) is 0 Å². The Bertz CT molecular complexity index is 1010. The minimum Gasteiger partial charge on any atom is -0.383 e. The topological polar surface area (TPSA) is 105 Å². The number of carbonyl (C=O) groups is 3. The second kappa shape index (κ2) is 10.5. The van der Waals surface area contributed by atoms with Crippen LogP contribution in [0, 0.1) is 5.82 Å². The van der Waals surface area contributed by atoms with E-state index in [2.05, 4.69) is 5.32 Å². The Morgan fingerprint density at radius 3 is 2.50 bits per heavy atom. The summed E-state index contributed by atoms with van der Waals surface area (Å²) in [7, 11) is 1.47. The highest BCUT2D eigenvalue weighted by atomic mass is 35.5.